The Kier molecular flexibility index (Phi) is 4.32. The molecule has 0 radical (unpaired) electrons. The zero-order valence-electron chi connectivity index (χ0n) is 13.3. The molecule has 1 aliphatic heterocycles. The number of hydrogen-bond acceptors (Lipinski definition) is 4. The van der Waals surface area contributed by atoms with Gasteiger partial charge >= 0.3 is 0 Å². The van der Waals surface area contributed by atoms with E-state index in [1.807, 2.05) is 12.1 Å². The maximum atomic E-state index is 9.89. The number of aromatic hydroxyl groups is 1. The number of hydrogen-bond donors (Lipinski definition) is 1. The SMILES string of the molecule is CC(CN(C)C)CN1c2ccccc2Sc2ccc(O)cc21. The Morgan fingerprint density at radius 2 is 1.82 bits per heavy atom. The van der Waals surface area contributed by atoms with E-state index in [9.17, 15) is 5.11 Å². The van der Waals surface area contributed by atoms with E-state index in [-0.39, 0.29) is 0 Å². The molecule has 0 aliphatic carbocycles. The minimum absolute atomic E-state index is 0.323. The van der Waals surface area contributed by atoms with Crippen LogP contribution in [0.15, 0.2) is 52.3 Å². The summed E-state index contributed by atoms with van der Waals surface area (Å²) >= 11 is 1.77. The molecule has 0 aromatic heterocycles. The Balaban J connectivity index is 1.98. The van der Waals surface area contributed by atoms with Gasteiger partial charge in [0.15, 0.2) is 0 Å². The number of anilines is 2. The lowest BCUT2D eigenvalue weighted by molar-refractivity contribution is 0.342. The van der Waals surface area contributed by atoms with Crippen molar-refractivity contribution in [3.8, 4) is 5.75 Å². The summed E-state index contributed by atoms with van der Waals surface area (Å²) in [5.41, 5.74) is 2.34. The van der Waals surface area contributed by atoms with Crippen LogP contribution in [-0.4, -0.2) is 37.2 Å². The van der Waals surface area contributed by atoms with Crippen LogP contribution in [-0.2, 0) is 0 Å². The molecule has 1 unspecified atom stereocenters. The number of rotatable bonds is 4. The van der Waals surface area contributed by atoms with Crippen molar-refractivity contribution in [2.24, 2.45) is 5.92 Å². The molecule has 1 N–H and O–H groups in total. The summed E-state index contributed by atoms with van der Waals surface area (Å²) in [4.78, 5) is 7.04. The number of nitrogens with zero attached hydrogens (tertiary/aromatic N) is 2. The average molecular weight is 314 g/mol. The molecular formula is C18H22N2OS. The van der Waals surface area contributed by atoms with E-state index in [0.717, 1.165) is 18.8 Å². The van der Waals surface area contributed by atoms with Crippen LogP contribution in [0.4, 0.5) is 11.4 Å². The predicted octanol–water partition coefficient (Wildman–Crippen LogP) is 4.19. The van der Waals surface area contributed by atoms with Gasteiger partial charge in [-0.05, 0) is 44.3 Å². The normalized spacial score (nSPS) is 14.6. The first-order valence-corrected chi connectivity index (χ1v) is 8.38. The second kappa shape index (κ2) is 6.23. The molecule has 0 amide bonds. The largest absolute Gasteiger partial charge is 0.508 e. The summed E-state index contributed by atoms with van der Waals surface area (Å²) in [6.45, 7) is 4.25. The fourth-order valence-electron chi connectivity index (χ4n) is 3.01. The van der Waals surface area contributed by atoms with Gasteiger partial charge in [0.05, 0.1) is 11.4 Å². The third-order valence-electron chi connectivity index (χ3n) is 3.78. The van der Waals surface area contributed by atoms with Crippen molar-refractivity contribution in [3.63, 3.8) is 0 Å². The Bertz CT molecular complexity index is 672. The summed E-state index contributed by atoms with van der Waals surface area (Å²) in [7, 11) is 4.21. The summed E-state index contributed by atoms with van der Waals surface area (Å²) in [5, 5.41) is 9.89. The molecule has 0 bridgehead atoms. The van der Waals surface area contributed by atoms with Gasteiger partial charge in [0.25, 0.3) is 0 Å². The summed E-state index contributed by atoms with van der Waals surface area (Å²) in [6.07, 6.45) is 0. The molecule has 2 aromatic rings. The Labute approximate surface area is 136 Å². The van der Waals surface area contributed by atoms with E-state index >= 15 is 0 Å². The molecule has 0 fully saturated rings. The fraction of sp³-hybridized carbons (Fsp3) is 0.333. The Morgan fingerprint density at radius 1 is 1.09 bits per heavy atom. The lowest BCUT2D eigenvalue weighted by Crippen LogP contribution is -2.31. The molecule has 1 aliphatic rings. The van der Waals surface area contributed by atoms with Gasteiger partial charge in [-0.15, -0.1) is 0 Å². The molecule has 0 saturated carbocycles. The molecule has 0 spiro atoms. The highest BCUT2D eigenvalue weighted by Gasteiger charge is 2.24. The van der Waals surface area contributed by atoms with Crippen molar-refractivity contribution in [1.82, 2.24) is 4.90 Å². The van der Waals surface area contributed by atoms with Crippen molar-refractivity contribution < 1.29 is 5.11 Å². The number of para-hydroxylation sites is 1. The fourth-order valence-corrected chi connectivity index (χ4v) is 4.08. The third-order valence-corrected chi connectivity index (χ3v) is 4.91. The van der Waals surface area contributed by atoms with Gasteiger partial charge in [0.2, 0.25) is 0 Å². The highest BCUT2D eigenvalue weighted by Crippen LogP contribution is 2.49. The van der Waals surface area contributed by atoms with E-state index in [0.29, 0.717) is 11.7 Å². The Morgan fingerprint density at radius 3 is 2.59 bits per heavy atom. The van der Waals surface area contributed by atoms with E-state index in [4.69, 9.17) is 0 Å². The van der Waals surface area contributed by atoms with Gasteiger partial charge in [0.1, 0.15) is 5.75 Å². The van der Waals surface area contributed by atoms with Crippen LogP contribution in [0.3, 0.4) is 0 Å². The summed E-state index contributed by atoms with van der Waals surface area (Å²) in [6, 6.07) is 14.1. The zero-order chi connectivity index (χ0) is 15.7. The van der Waals surface area contributed by atoms with Gasteiger partial charge in [0, 0.05) is 28.9 Å². The lowest BCUT2D eigenvalue weighted by atomic mass is 10.1. The zero-order valence-corrected chi connectivity index (χ0v) is 14.1. The maximum absolute atomic E-state index is 9.89. The first-order valence-electron chi connectivity index (χ1n) is 7.57. The molecule has 1 atom stereocenters. The molecule has 4 heteroatoms. The number of fused-ring (bicyclic) bond motifs is 2. The minimum atomic E-state index is 0.323. The maximum Gasteiger partial charge on any atom is 0.117 e. The van der Waals surface area contributed by atoms with E-state index in [2.05, 4.69) is 55.1 Å². The van der Waals surface area contributed by atoms with Crippen LogP contribution in [0.2, 0.25) is 0 Å². The smallest absolute Gasteiger partial charge is 0.117 e. The van der Waals surface area contributed by atoms with Crippen molar-refractivity contribution in [3.05, 3.63) is 42.5 Å². The highest BCUT2D eigenvalue weighted by atomic mass is 32.2. The second-order valence-electron chi connectivity index (χ2n) is 6.20. The van der Waals surface area contributed by atoms with E-state index < -0.39 is 0 Å². The van der Waals surface area contributed by atoms with Crippen molar-refractivity contribution >= 4 is 23.1 Å². The van der Waals surface area contributed by atoms with Crippen LogP contribution in [0.5, 0.6) is 5.75 Å². The average Bonchev–Trinajstić information content (AvgIpc) is 2.47. The van der Waals surface area contributed by atoms with E-state index in [1.54, 1.807) is 17.8 Å². The van der Waals surface area contributed by atoms with Crippen molar-refractivity contribution in [1.29, 1.82) is 0 Å². The van der Waals surface area contributed by atoms with Crippen molar-refractivity contribution in [2.45, 2.75) is 16.7 Å². The Hall–Kier alpha value is -1.65. The first-order chi connectivity index (χ1) is 10.5. The molecule has 3 nitrogen and oxygen atoms in total. The van der Waals surface area contributed by atoms with Crippen LogP contribution >= 0.6 is 11.8 Å². The summed E-state index contributed by atoms with van der Waals surface area (Å²) < 4.78 is 0. The van der Waals surface area contributed by atoms with Gasteiger partial charge in [-0.1, -0.05) is 30.8 Å². The van der Waals surface area contributed by atoms with E-state index in [1.165, 1.54) is 15.5 Å². The number of phenolic OH excluding ortho intramolecular Hbond substituents is 1. The molecule has 22 heavy (non-hydrogen) atoms. The van der Waals surface area contributed by atoms with Gasteiger partial charge in [-0.2, -0.15) is 0 Å². The summed E-state index contributed by atoms with van der Waals surface area (Å²) in [5.74, 6) is 0.852. The number of phenols is 1. The minimum Gasteiger partial charge on any atom is -0.508 e. The van der Waals surface area contributed by atoms with Gasteiger partial charge < -0.3 is 14.9 Å². The predicted molar refractivity (Wildman–Crippen MR) is 93.4 cm³/mol. The molecular weight excluding hydrogens is 292 g/mol. The third kappa shape index (κ3) is 3.08. The second-order valence-corrected chi connectivity index (χ2v) is 7.28. The standard InChI is InChI=1S/C18H22N2OS/c1-13(11-19(2)3)12-20-15-6-4-5-7-17(15)22-18-9-8-14(21)10-16(18)20/h4-10,13,21H,11-12H2,1-3H3. The first kappa shape index (κ1) is 15.3. The van der Waals surface area contributed by atoms with Gasteiger partial charge in [-0.25, -0.2) is 0 Å². The van der Waals surface area contributed by atoms with Crippen LogP contribution in [0, 0.1) is 5.92 Å². The molecule has 0 saturated heterocycles. The van der Waals surface area contributed by atoms with Crippen LogP contribution in [0.25, 0.3) is 0 Å². The molecule has 2 aromatic carbocycles. The monoisotopic (exact) mass is 314 g/mol. The van der Waals surface area contributed by atoms with Crippen LogP contribution in [0.1, 0.15) is 6.92 Å². The topological polar surface area (TPSA) is 26.7 Å². The lowest BCUT2D eigenvalue weighted by Gasteiger charge is -2.35. The highest BCUT2D eigenvalue weighted by molar-refractivity contribution is 7.99. The quantitative estimate of drug-likeness (QED) is 0.915. The van der Waals surface area contributed by atoms with Crippen LogP contribution < -0.4 is 4.90 Å². The van der Waals surface area contributed by atoms with Gasteiger partial charge in [-0.3, -0.25) is 0 Å². The molecule has 1 heterocycles. The van der Waals surface area contributed by atoms with Crippen molar-refractivity contribution in [2.75, 3.05) is 32.1 Å². The molecule has 3 rings (SSSR count). The number of benzene rings is 2. The molecule has 116 valence electrons.